The van der Waals surface area contributed by atoms with Crippen molar-refractivity contribution in [1.29, 1.82) is 0 Å². The van der Waals surface area contributed by atoms with Gasteiger partial charge in [-0.05, 0) is 57.8 Å². The standard InChI is InChI=1S/C61H98O6/c1-4-7-10-13-16-19-22-25-27-29-30-32-33-36-39-42-45-48-51-54-60(63)66-57-58(56-65-59(62)53-50-47-44-41-38-35-24-21-18-15-12-9-6-3)67-61(64)55-52-49-46-43-40-37-34-31-28-26-23-20-17-14-11-8-5-2/h8-9,11-12,14-15,17-18,20-21,23-24,26,28,31,34-35,37-38,40,58H,4-7,10,13,16,19,22,25,27,29-30,32-33,36,39,41-57H2,1-3H3/b11-8-,12-9-,17-14-,18-15-,23-20-,24-21-,28-26-,34-31+,38-35-,40-37-. The van der Waals surface area contributed by atoms with Crippen molar-refractivity contribution in [3.8, 4) is 0 Å². The highest BCUT2D eigenvalue weighted by Gasteiger charge is 2.19. The second kappa shape index (κ2) is 54.4. The van der Waals surface area contributed by atoms with Crippen LogP contribution in [-0.4, -0.2) is 37.2 Å². The lowest BCUT2D eigenvalue weighted by Crippen LogP contribution is -2.30. The minimum atomic E-state index is -0.820. The zero-order chi connectivity index (χ0) is 48.6. The summed E-state index contributed by atoms with van der Waals surface area (Å²) in [7, 11) is 0. The van der Waals surface area contributed by atoms with Crippen molar-refractivity contribution in [2.24, 2.45) is 0 Å². The SMILES string of the molecule is CC\C=C/C=C\C=C/C=C\C=C\C=C/CCCCCC(=O)OC(COC(=O)CCCCC\C=C/C=C\C=C/C=C\CC)COC(=O)CCCCCCCCCCCCCCCCCCCCC. The molecule has 0 aromatic heterocycles. The maximum Gasteiger partial charge on any atom is 0.306 e. The first-order valence-corrected chi connectivity index (χ1v) is 27.2. The molecule has 0 fully saturated rings. The van der Waals surface area contributed by atoms with Crippen molar-refractivity contribution < 1.29 is 28.6 Å². The van der Waals surface area contributed by atoms with E-state index in [2.05, 4.69) is 45.1 Å². The average Bonchev–Trinajstić information content (AvgIpc) is 3.33. The smallest absolute Gasteiger partial charge is 0.306 e. The number of carbonyl (C=O) groups excluding carboxylic acids is 3. The molecule has 0 aromatic carbocycles. The van der Waals surface area contributed by atoms with E-state index >= 15 is 0 Å². The second-order valence-corrected chi connectivity index (χ2v) is 17.6. The molecule has 0 saturated heterocycles. The molecule has 0 rings (SSSR count). The van der Waals surface area contributed by atoms with Crippen LogP contribution in [0.3, 0.4) is 0 Å². The Morgan fingerprint density at radius 2 is 0.582 bits per heavy atom. The molecular formula is C61H98O6. The van der Waals surface area contributed by atoms with Crippen LogP contribution in [0.4, 0.5) is 0 Å². The quantitative estimate of drug-likeness (QED) is 0.0262. The highest BCUT2D eigenvalue weighted by atomic mass is 16.6. The van der Waals surface area contributed by atoms with Gasteiger partial charge in [0.05, 0.1) is 0 Å². The fourth-order valence-electron chi connectivity index (χ4n) is 7.19. The van der Waals surface area contributed by atoms with Gasteiger partial charge >= 0.3 is 17.9 Å². The molecule has 0 aliphatic heterocycles. The lowest BCUT2D eigenvalue weighted by molar-refractivity contribution is -0.167. The summed E-state index contributed by atoms with van der Waals surface area (Å²) in [5.41, 5.74) is 0. The van der Waals surface area contributed by atoms with Crippen LogP contribution in [0.5, 0.6) is 0 Å². The van der Waals surface area contributed by atoms with Gasteiger partial charge in [0.25, 0.3) is 0 Å². The van der Waals surface area contributed by atoms with Crippen LogP contribution in [0, 0.1) is 0 Å². The van der Waals surface area contributed by atoms with E-state index in [0.29, 0.717) is 19.3 Å². The Hall–Kier alpha value is -4.19. The molecular weight excluding hydrogens is 829 g/mol. The molecule has 6 heteroatoms. The molecule has 0 aliphatic carbocycles. The molecule has 378 valence electrons. The number of allylic oxidation sites excluding steroid dienone is 20. The summed E-state index contributed by atoms with van der Waals surface area (Å²) in [4.78, 5) is 38.0. The number of ether oxygens (including phenoxy) is 3. The minimum Gasteiger partial charge on any atom is -0.462 e. The molecule has 0 aliphatic rings. The topological polar surface area (TPSA) is 78.9 Å². The van der Waals surface area contributed by atoms with E-state index in [1.165, 1.54) is 103 Å². The summed E-state index contributed by atoms with van der Waals surface area (Å²) >= 11 is 0. The Balaban J connectivity index is 4.49. The maximum absolute atomic E-state index is 12.8. The third kappa shape index (κ3) is 52.6. The largest absolute Gasteiger partial charge is 0.462 e. The van der Waals surface area contributed by atoms with Crippen LogP contribution in [0.25, 0.3) is 0 Å². The Kier molecular flexibility index (Phi) is 51.0. The molecule has 0 saturated carbocycles. The third-order valence-corrected chi connectivity index (χ3v) is 11.2. The maximum atomic E-state index is 12.8. The average molecular weight is 927 g/mol. The molecule has 1 unspecified atom stereocenters. The van der Waals surface area contributed by atoms with Crippen molar-refractivity contribution in [2.75, 3.05) is 13.2 Å². The normalized spacial score (nSPS) is 13.1. The van der Waals surface area contributed by atoms with Gasteiger partial charge in [-0.2, -0.15) is 0 Å². The minimum absolute atomic E-state index is 0.111. The lowest BCUT2D eigenvalue weighted by Gasteiger charge is -2.18. The van der Waals surface area contributed by atoms with Crippen LogP contribution >= 0.6 is 0 Å². The fourth-order valence-corrected chi connectivity index (χ4v) is 7.19. The predicted octanol–water partition coefficient (Wildman–Crippen LogP) is 18.1. The predicted molar refractivity (Wildman–Crippen MR) is 288 cm³/mol. The van der Waals surface area contributed by atoms with Crippen molar-refractivity contribution in [2.45, 2.75) is 232 Å². The Bertz CT molecular complexity index is 1440. The van der Waals surface area contributed by atoms with Gasteiger partial charge in [0.2, 0.25) is 0 Å². The zero-order valence-electron chi connectivity index (χ0n) is 43.1. The molecule has 1 atom stereocenters. The molecule has 0 amide bonds. The molecule has 0 N–H and O–H groups in total. The van der Waals surface area contributed by atoms with E-state index in [1.54, 1.807) is 0 Å². The lowest BCUT2D eigenvalue weighted by atomic mass is 10.0. The van der Waals surface area contributed by atoms with Gasteiger partial charge in [-0.3, -0.25) is 14.4 Å². The number of unbranched alkanes of at least 4 members (excludes halogenated alkanes) is 24. The monoisotopic (exact) mass is 927 g/mol. The first kappa shape index (κ1) is 62.8. The summed E-state index contributed by atoms with van der Waals surface area (Å²) in [6.45, 7) is 6.28. The molecule has 0 bridgehead atoms. The number of esters is 3. The van der Waals surface area contributed by atoms with Gasteiger partial charge < -0.3 is 14.2 Å². The van der Waals surface area contributed by atoms with Crippen LogP contribution in [0.15, 0.2) is 122 Å². The van der Waals surface area contributed by atoms with Gasteiger partial charge in [0.1, 0.15) is 13.2 Å². The van der Waals surface area contributed by atoms with Gasteiger partial charge in [-0.1, -0.05) is 271 Å². The summed E-state index contributed by atoms with van der Waals surface area (Å²) < 4.78 is 16.8. The number of hydrogen-bond acceptors (Lipinski definition) is 6. The molecule has 67 heavy (non-hydrogen) atoms. The van der Waals surface area contributed by atoms with E-state index in [1.807, 2.05) is 97.2 Å². The molecule has 0 heterocycles. The van der Waals surface area contributed by atoms with E-state index in [0.717, 1.165) is 77.0 Å². The fraction of sp³-hybridized carbons (Fsp3) is 0.623. The molecule has 0 spiro atoms. The van der Waals surface area contributed by atoms with Crippen molar-refractivity contribution >= 4 is 17.9 Å². The van der Waals surface area contributed by atoms with Gasteiger partial charge in [-0.15, -0.1) is 0 Å². The summed E-state index contributed by atoms with van der Waals surface area (Å²) in [5, 5.41) is 0. The highest BCUT2D eigenvalue weighted by molar-refractivity contribution is 5.71. The number of rotatable bonds is 47. The Morgan fingerprint density at radius 1 is 0.313 bits per heavy atom. The number of carbonyl (C=O) groups is 3. The third-order valence-electron chi connectivity index (χ3n) is 11.2. The van der Waals surface area contributed by atoms with Crippen LogP contribution in [-0.2, 0) is 28.6 Å². The van der Waals surface area contributed by atoms with Gasteiger partial charge in [0.15, 0.2) is 6.10 Å². The molecule has 6 nitrogen and oxygen atoms in total. The zero-order valence-corrected chi connectivity index (χ0v) is 43.1. The summed E-state index contributed by atoms with van der Waals surface area (Å²) in [6, 6.07) is 0. The first-order chi connectivity index (χ1) is 33.0. The van der Waals surface area contributed by atoms with Crippen LogP contribution < -0.4 is 0 Å². The Labute approximate surface area is 412 Å². The first-order valence-electron chi connectivity index (χ1n) is 27.2. The van der Waals surface area contributed by atoms with Crippen LogP contribution in [0.2, 0.25) is 0 Å². The molecule has 0 radical (unpaired) electrons. The van der Waals surface area contributed by atoms with Gasteiger partial charge in [0, 0.05) is 19.3 Å². The van der Waals surface area contributed by atoms with Crippen molar-refractivity contribution in [1.82, 2.24) is 0 Å². The van der Waals surface area contributed by atoms with Crippen LogP contribution in [0.1, 0.15) is 226 Å². The summed E-state index contributed by atoms with van der Waals surface area (Å²) in [5.74, 6) is -0.998. The van der Waals surface area contributed by atoms with E-state index in [4.69, 9.17) is 14.2 Å². The van der Waals surface area contributed by atoms with Crippen molar-refractivity contribution in [3.63, 3.8) is 0 Å². The van der Waals surface area contributed by atoms with Gasteiger partial charge in [-0.25, -0.2) is 0 Å². The van der Waals surface area contributed by atoms with Crippen molar-refractivity contribution in [3.05, 3.63) is 122 Å². The summed E-state index contributed by atoms with van der Waals surface area (Å²) in [6.07, 6.45) is 74.7. The number of hydrogen-bond donors (Lipinski definition) is 0. The Morgan fingerprint density at radius 3 is 0.910 bits per heavy atom. The van der Waals surface area contributed by atoms with E-state index in [-0.39, 0.29) is 37.5 Å². The van der Waals surface area contributed by atoms with E-state index in [9.17, 15) is 14.4 Å². The van der Waals surface area contributed by atoms with E-state index < -0.39 is 6.10 Å². The highest BCUT2D eigenvalue weighted by Crippen LogP contribution is 2.16. The second-order valence-electron chi connectivity index (χ2n) is 17.6. The molecule has 0 aromatic rings.